The predicted molar refractivity (Wildman–Crippen MR) is 80.7 cm³/mol. The van der Waals surface area contributed by atoms with Gasteiger partial charge in [-0.15, -0.1) is 0 Å². The number of carbonyl (C=O) groups is 1. The Balaban J connectivity index is 2.19. The number of nitrogens with zero attached hydrogens (tertiary/aromatic N) is 2. The maximum absolute atomic E-state index is 12.7. The van der Waals surface area contributed by atoms with Gasteiger partial charge in [-0.2, -0.15) is 5.10 Å². The summed E-state index contributed by atoms with van der Waals surface area (Å²) in [5, 5.41) is 7.07. The van der Waals surface area contributed by atoms with E-state index in [4.69, 9.17) is 5.73 Å². The lowest BCUT2D eigenvalue weighted by molar-refractivity contribution is 0.0643. The van der Waals surface area contributed by atoms with E-state index in [2.05, 4.69) is 10.2 Å². The number of amides is 1. The Morgan fingerprint density at radius 1 is 1.40 bits per heavy atom. The topological polar surface area (TPSA) is 75.0 Å². The average Bonchev–Trinajstić information content (AvgIpc) is 2.82. The van der Waals surface area contributed by atoms with Gasteiger partial charge in [0.2, 0.25) is 0 Å². The minimum atomic E-state index is -0.0277. The zero-order valence-corrected chi connectivity index (χ0v) is 12.8. The van der Waals surface area contributed by atoms with Crippen molar-refractivity contribution in [2.45, 2.75) is 64.8 Å². The van der Waals surface area contributed by atoms with E-state index in [1.165, 1.54) is 19.3 Å². The van der Waals surface area contributed by atoms with Gasteiger partial charge in [0.25, 0.3) is 5.91 Å². The van der Waals surface area contributed by atoms with Crippen molar-refractivity contribution in [3.63, 3.8) is 0 Å². The molecule has 1 aliphatic rings. The third kappa shape index (κ3) is 2.81. The van der Waals surface area contributed by atoms with Crippen LogP contribution < -0.4 is 5.73 Å². The second kappa shape index (κ2) is 6.29. The first-order valence-electron chi connectivity index (χ1n) is 7.71. The molecule has 0 aromatic carbocycles. The number of anilines is 1. The third-order valence-corrected chi connectivity index (χ3v) is 4.23. The fourth-order valence-corrected chi connectivity index (χ4v) is 3.06. The number of aromatic nitrogens is 2. The highest BCUT2D eigenvalue weighted by Gasteiger charge is 2.28. The number of nitrogen functional groups attached to an aromatic ring is 1. The van der Waals surface area contributed by atoms with Crippen molar-refractivity contribution < 1.29 is 4.79 Å². The molecule has 5 nitrogen and oxygen atoms in total. The van der Waals surface area contributed by atoms with Crippen LogP contribution in [0.15, 0.2) is 0 Å². The van der Waals surface area contributed by atoms with Crippen molar-refractivity contribution in [1.82, 2.24) is 15.1 Å². The van der Waals surface area contributed by atoms with Crippen LogP contribution in [0.25, 0.3) is 0 Å². The second-order valence-electron chi connectivity index (χ2n) is 5.94. The molecule has 0 saturated heterocycles. The number of aromatic amines is 1. The van der Waals surface area contributed by atoms with Crippen molar-refractivity contribution in [1.29, 1.82) is 0 Å². The normalized spacial score (nSPS) is 16.6. The van der Waals surface area contributed by atoms with Crippen molar-refractivity contribution in [3.05, 3.63) is 11.4 Å². The van der Waals surface area contributed by atoms with Gasteiger partial charge < -0.3 is 10.6 Å². The minimum Gasteiger partial charge on any atom is -0.395 e. The maximum atomic E-state index is 12.7. The molecule has 0 atom stereocenters. The smallest absolute Gasteiger partial charge is 0.276 e. The largest absolute Gasteiger partial charge is 0.395 e. The van der Waals surface area contributed by atoms with E-state index in [-0.39, 0.29) is 11.8 Å². The molecule has 0 unspecified atom stereocenters. The van der Waals surface area contributed by atoms with Gasteiger partial charge in [-0.25, -0.2) is 0 Å². The Kier molecular flexibility index (Phi) is 4.68. The number of nitrogens with two attached hydrogens (primary N) is 1. The Bertz CT molecular complexity index is 460. The van der Waals surface area contributed by atoms with E-state index in [0.29, 0.717) is 24.0 Å². The molecule has 0 radical (unpaired) electrons. The highest BCUT2D eigenvalue weighted by molar-refractivity contribution is 5.97. The molecular formula is C15H26N4O. The molecule has 112 valence electrons. The minimum absolute atomic E-state index is 0.0277. The van der Waals surface area contributed by atoms with Gasteiger partial charge in [0, 0.05) is 12.6 Å². The van der Waals surface area contributed by atoms with E-state index < -0.39 is 0 Å². The summed E-state index contributed by atoms with van der Waals surface area (Å²) in [6.07, 6.45) is 5.90. The van der Waals surface area contributed by atoms with Gasteiger partial charge in [-0.05, 0) is 25.7 Å². The zero-order chi connectivity index (χ0) is 14.7. The first-order valence-corrected chi connectivity index (χ1v) is 7.71. The van der Waals surface area contributed by atoms with Crippen LogP contribution in [0.4, 0.5) is 5.69 Å². The highest BCUT2D eigenvalue weighted by Crippen LogP contribution is 2.27. The summed E-state index contributed by atoms with van der Waals surface area (Å²) in [6, 6.07) is 0.347. The number of rotatable bonds is 4. The summed E-state index contributed by atoms with van der Waals surface area (Å²) in [4.78, 5) is 14.6. The highest BCUT2D eigenvalue weighted by atomic mass is 16.2. The predicted octanol–water partition coefficient (Wildman–Crippen LogP) is 2.91. The fraction of sp³-hybridized carbons (Fsp3) is 0.733. The Hall–Kier alpha value is -1.52. The first-order chi connectivity index (χ1) is 9.56. The SMILES string of the molecule is CCN(C(=O)c1n[nH]c(C(C)C)c1N)C1CCCCC1. The molecule has 1 aliphatic carbocycles. The van der Waals surface area contributed by atoms with Crippen LogP contribution in [0.3, 0.4) is 0 Å². The summed E-state index contributed by atoms with van der Waals surface area (Å²) in [5.74, 6) is 0.217. The molecular weight excluding hydrogens is 252 g/mol. The van der Waals surface area contributed by atoms with Crippen LogP contribution in [-0.2, 0) is 0 Å². The van der Waals surface area contributed by atoms with Gasteiger partial charge in [-0.1, -0.05) is 33.1 Å². The van der Waals surface area contributed by atoms with Gasteiger partial charge in [0.05, 0.1) is 11.4 Å². The standard InChI is InChI=1S/C15H26N4O/c1-4-19(11-8-6-5-7-9-11)15(20)14-12(16)13(10(2)3)17-18-14/h10-11H,4-9,16H2,1-3H3,(H,17,18). The molecule has 1 saturated carbocycles. The lowest BCUT2D eigenvalue weighted by atomic mass is 9.94. The van der Waals surface area contributed by atoms with E-state index in [9.17, 15) is 4.79 Å². The zero-order valence-electron chi connectivity index (χ0n) is 12.8. The monoisotopic (exact) mass is 278 g/mol. The molecule has 1 fully saturated rings. The van der Waals surface area contributed by atoms with Gasteiger partial charge in [0.1, 0.15) is 0 Å². The Morgan fingerprint density at radius 2 is 2.05 bits per heavy atom. The molecule has 0 spiro atoms. The summed E-state index contributed by atoms with van der Waals surface area (Å²) in [7, 11) is 0. The lowest BCUT2D eigenvalue weighted by Crippen LogP contribution is -2.41. The van der Waals surface area contributed by atoms with Crippen LogP contribution in [0.2, 0.25) is 0 Å². The lowest BCUT2D eigenvalue weighted by Gasteiger charge is -2.33. The number of hydrogen-bond donors (Lipinski definition) is 2. The third-order valence-electron chi connectivity index (χ3n) is 4.23. The molecule has 1 aromatic heterocycles. The maximum Gasteiger partial charge on any atom is 0.276 e. The molecule has 0 aliphatic heterocycles. The van der Waals surface area contributed by atoms with Crippen molar-refractivity contribution in [3.8, 4) is 0 Å². The molecule has 1 aromatic rings. The fourth-order valence-electron chi connectivity index (χ4n) is 3.06. The molecule has 1 heterocycles. The van der Waals surface area contributed by atoms with Gasteiger partial charge in [-0.3, -0.25) is 9.89 Å². The number of nitrogens with one attached hydrogen (secondary N) is 1. The van der Waals surface area contributed by atoms with E-state index in [1.807, 2.05) is 25.7 Å². The summed E-state index contributed by atoms with van der Waals surface area (Å²) < 4.78 is 0. The molecule has 20 heavy (non-hydrogen) atoms. The summed E-state index contributed by atoms with van der Waals surface area (Å²) in [6.45, 7) is 6.82. The van der Waals surface area contributed by atoms with Crippen LogP contribution in [0.5, 0.6) is 0 Å². The Morgan fingerprint density at radius 3 is 2.55 bits per heavy atom. The van der Waals surface area contributed by atoms with Crippen molar-refractivity contribution >= 4 is 11.6 Å². The number of hydrogen-bond acceptors (Lipinski definition) is 3. The second-order valence-corrected chi connectivity index (χ2v) is 5.94. The first kappa shape index (κ1) is 14.9. The van der Waals surface area contributed by atoms with E-state index >= 15 is 0 Å². The molecule has 1 amide bonds. The molecule has 0 bridgehead atoms. The number of H-pyrrole nitrogens is 1. The van der Waals surface area contributed by atoms with Crippen LogP contribution >= 0.6 is 0 Å². The van der Waals surface area contributed by atoms with Gasteiger partial charge in [0.15, 0.2) is 5.69 Å². The van der Waals surface area contributed by atoms with Crippen LogP contribution in [0.1, 0.15) is 75.0 Å². The summed E-state index contributed by atoms with van der Waals surface area (Å²) >= 11 is 0. The molecule has 2 rings (SSSR count). The Labute approximate surface area is 120 Å². The van der Waals surface area contributed by atoms with Crippen molar-refractivity contribution in [2.24, 2.45) is 0 Å². The molecule has 5 heteroatoms. The average molecular weight is 278 g/mol. The van der Waals surface area contributed by atoms with E-state index in [1.54, 1.807) is 0 Å². The van der Waals surface area contributed by atoms with Crippen LogP contribution in [-0.4, -0.2) is 33.6 Å². The van der Waals surface area contributed by atoms with Crippen LogP contribution in [0, 0.1) is 0 Å². The quantitative estimate of drug-likeness (QED) is 0.889. The summed E-state index contributed by atoms with van der Waals surface area (Å²) in [5.41, 5.74) is 7.84. The molecule has 3 N–H and O–H groups in total. The van der Waals surface area contributed by atoms with Gasteiger partial charge >= 0.3 is 0 Å². The van der Waals surface area contributed by atoms with Crippen molar-refractivity contribution in [2.75, 3.05) is 12.3 Å². The number of carbonyl (C=O) groups excluding carboxylic acids is 1. The van der Waals surface area contributed by atoms with E-state index in [0.717, 1.165) is 18.5 Å².